The second-order valence-electron chi connectivity index (χ2n) is 5.23. The number of nitrogens with zero attached hydrogens (tertiary/aromatic N) is 2. The van der Waals surface area contributed by atoms with E-state index in [2.05, 4.69) is 10.5 Å². The van der Waals surface area contributed by atoms with Crippen LogP contribution in [0.3, 0.4) is 0 Å². The minimum Gasteiger partial charge on any atom is -0.456 e. The quantitative estimate of drug-likeness (QED) is 0.410. The Hall–Kier alpha value is -3.39. The molecule has 9 heteroatoms. The van der Waals surface area contributed by atoms with Crippen LogP contribution >= 0.6 is 11.6 Å². The Morgan fingerprint density at radius 2 is 2.04 bits per heavy atom. The first-order chi connectivity index (χ1) is 12.4. The average molecular weight is 374 g/mol. The molecule has 0 bridgehead atoms. The fourth-order valence-corrected chi connectivity index (χ4v) is 2.42. The van der Waals surface area contributed by atoms with Crippen molar-refractivity contribution in [1.82, 2.24) is 5.43 Å². The standard InChI is InChI=1S/C17H12ClN3O5/c1-10-2-6-16(25-10)17(22)20-19-9-12-4-7-15(26-12)13-5-3-11(21(23)24)8-14(13)18/h2-9H,1H3,(H,20,22)/b19-9-. The number of non-ortho nitro benzene ring substituents is 1. The molecule has 0 aliphatic heterocycles. The molecule has 0 saturated heterocycles. The molecule has 0 aliphatic rings. The SMILES string of the molecule is Cc1ccc(C(=O)N/N=C\c2ccc(-c3ccc([N+](=O)[O-])cc3Cl)o2)o1. The second kappa shape index (κ2) is 7.24. The molecule has 0 unspecified atom stereocenters. The van der Waals surface area contributed by atoms with E-state index < -0.39 is 10.8 Å². The summed E-state index contributed by atoms with van der Waals surface area (Å²) < 4.78 is 10.7. The highest BCUT2D eigenvalue weighted by molar-refractivity contribution is 6.33. The van der Waals surface area contributed by atoms with Crippen molar-refractivity contribution in [2.24, 2.45) is 5.10 Å². The first-order valence-corrected chi connectivity index (χ1v) is 7.76. The van der Waals surface area contributed by atoms with Gasteiger partial charge in [-0.15, -0.1) is 0 Å². The summed E-state index contributed by atoms with van der Waals surface area (Å²) in [5, 5.41) is 14.7. The van der Waals surface area contributed by atoms with Crippen molar-refractivity contribution in [2.45, 2.75) is 6.92 Å². The molecule has 0 fully saturated rings. The Bertz CT molecular complexity index is 1010. The molecule has 1 aromatic carbocycles. The van der Waals surface area contributed by atoms with Gasteiger partial charge in [-0.1, -0.05) is 11.6 Å². The van der Waals surface area contributed by atoms with E-state index in [1.165, 1.54) is 24.4 Å². The number of hydrazone groups is 1. The number of amides is 1. The van der Waals surface area contributed by atoms with Gasteiger partial charge in [-0.05, 0) is 37.3 Å². The fourth-order valence-electron chi connectivity index (χ4n) is 2.15. The van der Waals surface area contributed by atoms with Crippen LogP contribution in [0.4, 0.5) is 5.69 Å². The topological polar surface area (TPSA) is 111 Å². The minimum absolute atomic E-state index is 0.108. The number of nitro groups is 1. The highest BCUT2D eigenvalue weighted by Crippen LogP contribution is 2.31. The molecule has 1 amide bonds. The highest BCUT2D eigenvalue weighted by atomic mass is 35.5. The van der Waals surface area contributed by atoms with E-state index in [9.17, 15) is 14.9 Å². The molecule has 0 atom stereocenters. The van der Waals surface area contributed by atoms with Crippen LogP contribution in [0, 0.1) is 17.0 Å². The number of benzene rings is 1. The lowest BCUT2D eigenvalue weighted by atomic mass is 10.1. The number of hydrogen-bond acceptors (Lipinski definition) is 6. The molecular formula is C17H12ClN3O5. The first-order valence-electron chi connectivity index (χ1n) is 7.38. The van der Waals surface area contributed by atoms with E-state index in [0.29, 0.717) is 22.8 Å². The second-order valence-corrected chi connectivity index (χ2v) is 5.64. The van der Waals surface area contributed by atoms with Crippen LogP contribution in [0.2, 0.25) is 5.02 Å². The van der Waals surface area contributed by atoms with Crippen molar-refractivity contribution < 1.29 is 18.6 Å². The Morgan fingerprint density at radius 1 is 1.23 bits per heavy atom. The number of furan rings is 2. The molecule has 2 aromatic heterocycles. The van der Waals surface area contributed by atoms with Crippen LogP contribution in [-0.4, -0.2) is 17.0 Å². The van der Waals surface area contributed by atoms with Crippen molar-refractivity contribution in [2.75, 3.05) is 0 Å². The molecular weight excluding hydrogens is 362 g/mol. The molecule has 2 heterocycles. The van der Waals surface area contributed by atoms with Gasteiger partial charge < -0.3 is 8.83 Å². The number of rotatable bonds is 5. The van der Waals surface area contributed by atoms with Crippen LogP contribution in [0.15, 0.2) is 56.4 Å². The third-order valence-corrected chi connectivity index (χ3v) is 3.69. The lowest BCUT2D eigenvalue weighted by Crippen LogP contribution is -2.16. The van der Waals surface area contributed by atoms with Crippen LogP contribution in [0.1, 0.15) is 22.1 Å². The number of carbonyl (C=O) groups is 1. The molecule has 1 N–H and O–H groups in total. The lowest BCUT2D eigenvalue weighted by Gasteiger charge is -2.00. The van der Waals surface area contributed by atoms with Crippen LogP contribution in [-0.2, 0) is 0 Å². The monoisotopic (exact) mass is 373 g/mol. The van der Waals surface area contributed by atoms with E-state index in [-0.39, 0.29) is 16.5 Å². The highest BCUT2D eigenvalue weighted by Gasteiger charge is 2.13. The molecule has 132 valence electrons. The van der Waals surface area contributed by atoms with Crippen molar-refractivity contribution in [3.8, 4) is 11.3 Å². The fraction of sp³-hybridized carbons (Fsp3) is 0.0588. The van der Waals surface area contributed by atoms with Gasteiger partial charge in [0.1, 0.15) is 17.3 Å². The molecule has 3 aromatic rings. The van der Waals surface area contributed by atoms with Gasteiger partial charge >= 0.3 is 5.91 Å². The Labute approximate surface area is 152 Å². The Morgan fingerprint density at radius 3 is 2.69 bits per heavy atom. The summed E-state index contributed by atoms with van der Waals surface area (Å²) in [6.07, 6.45) is 1.32. The first kappa shape index (κ1) is 17.4. The molecule has 26 heavy (non-hydrogen) atoms. The molecule has 3 rings (SSSR count). The summed E-state index contributed by atoms with van der Waals surface area (Å²) in [6.45, 7) is 1.73. The van der Waals surface area contributed by atoms with Crippen molar-refractivity contribution in [3.63, 3.8) is 0 Å². The van der Waals surface area contributed by atoms with Gasteiger partial charge in [0, 0.05) is 17.7 Å². The molecule has 0 aliphatic carbocycles. The van der Waals surface area contributed by atoms with Gasteiger partial charge in [-0.25, -0.2) is 5.43 Å². The van der Waals surface area contributed by atoms with Crippen LogP contribution in [0.25, 0.3) is 11.3 Å². The zero-order chi connectivity index (χ0) is 18.7. The summed E-state index contributed by atoms with van der Waals surface area (Å²) in [6, 6.07) is 10.6. The summed E-state index contributed by atoms with van der Waals surface area (Å²) in [4.78, 5) is 22.0. The third-order valence-electron chi connectivity index (χ3n) is 3.38. The predicted molar refractivity (Wildman–Crippen MR) is 94.3 cm³/mol. The number of nitrogens with one attached hydrogen (secondary N) is 1. The van der Waals surface area contributed by atoms with Crippen molar-refractivity contribution in [3.05, 3.63) is 74.9 Å². The number of halogens is 1. The van der Waals surface area contributed by atoms with Crippen molar-refractivity contribution >= 4 is 29.4 Å². The maximum Gasteiger partial charge on any atom is 0.307 e. The van der Waals surface area contributed by atoms with E-state index in [1.807, 2.05) is 0 Å². The summed E-state index contributed by atoms with van der Waals surface area (Å²) in [5.41, 5.74) is 2.71. The molecule has 8 nitrogen and oxygen atoms in total. The largest absolute Gasteiger partial charge is 0.456 e. The van der Waals surface area contributed by atoms with E-state index in [4.69, 9.17) is 20.4 Å². The smallest absolute Gasteiger partial charge is 0.307 e. The van der Waals surface area contributed by atoms with Crippen LogP contribution in [0.5, 0.6) is 0 Å². The van der Waals surface area contributed by atoms with Gasteiger partial charge in [0.05, 0.1) is 16.2 Å². The van der Waals surface area contributed by atoms with Gasteiger partial charge in [-0.3, -0.25) is 14.9 Å². The zero-order valence-corrected chi connectivity index (χ0v) is 14.2. The number of aryl methyl sites for hydroxylation is 1. The summed E-state index contributed by atoms with van der Waals surface area (Å²) in [7, 11) is 0. The van der Waals surface area contributed by atoms with Gasteiger partial charge in [0.2, 0.25) is 0 Å². The zero-order valence-electron chi connectivity index (χ0n) is 13.4. The maximum atomic E-state index is 11.8. The molecule has 0 radical (unpaired) electrons. The Kier molecular flexibility index (Phi) is 4.85. The number of hydrogen-bond donors (Lipinski definition) is 1. The maximum absolute atomic E-state index is 11.8. The van der Waals surface area contributed by atoms with E-state index in [0.717, 1.165) is 0 Å². The molecule has 0 spiro atoms. The summed E-state index contributed by atoms with van der Waals surface area (Å²) >= 11 is 6.07. The average Bonchev–Trinajstić information content (AvgIpc) is 3.24. The normalized spacial score (nSPS) is 11.0. The van der Waals surface area contributed by atoms with Gasteiger partial charge in [0.25, 0.3) is 5.69 Å². The number of nitro benzene ring substituents is 1. The minimum atomic E-state index is -0.529. The molecule has 0 saturated carbocycles. The summed E-state index contributed by atoms with van der Waals surface area (Å²) in [5.74, 6) is 1.07. The van der Waals surface area contributed by atoms with E-state index >= 15 is 0 Å². The predicted octanol–water partition coefficient (Wildman–Crippen LogP) is 4.17. The third kappa shape index (κ3) is 3.81. The van der Waals surface area contributed by atoms with Crippen LogP contribution < -0.4 is 5.43 Å². The number of carbonyl (C=O) groups excluding carboxylic acids is 1. The lowest BCUT2D eigenvalue weighted by molar-refractivity contribution is -0.384. The van der Waals surface area contributed by atoms with Gasteiger partial charge in [0.15, 0.2) is 5.76 Å². The van der Waals surface area contributed by atoms with Crippen molar-refractivity contribution in [1.29, 1.82) is 0 Å². The van der Waals surface area contributed by atoms with E-state index in [1.54, 1.807) is 31.2 Å². The Balaban J connectivity index is 1.70. The van der Waals surface area contributed by atoms with Gasteiger partial charge in [-0.2, -0.15) is 5.10 Å².